The molecule has 0 bridgehead atoms. The summed E-state index contributed by atoms with van der Waals surface area (Å²) in [7, 11) is 0. The second-order valence-corrected chi connectivity index (χ2v) is 6.24. The molecule has 0 spiro atoms. The van der Waals surface area contributed by atoms with E-state index in [1.807, 2.05) is 30.3 Å². The Morgan fingerprint density at radius 2 is 1.80 bits per heavy atom. The number of carbonyl (C=O) groups excluding carboxylic acids is 1. The largest absolute Gasteiger partial charge is 0.384 e. The molecule has 6 heteroatoms. The summed E-state index contributed by atoms with van der Waals surface area (Å²) in [6.07, 6.45) is 0.249. The fourth-order valence-corrected chi connectivity index (χ4v) is 2.92. The number of carbonyl (C=O) groups is 1. The van der Waals surface area contributed by atoms with Crippen LogP contribution < -0.4 is 5.73 Å². The first-order valence-corrected chi connectivity index (χ1v) is 8.25. The monoisotopic (exact) mass is 372 g/mol. The van der Waals surface area contributed by atoms with Gasteiger partial charge in [-0.25, -0.2) is 4.79 Å². The van der Waals surface area contributed by atoms with Gasteiger partial charge in [-0.3, -0.25) is 0 Å². The molecule has 3 aromatic rings. The highest BCUT2D eigenvalue weighted by Gasteiger charge is 2.12. The molecule has 0 aliphatic carbocycles. The molecular formula is C19H14Cl2N2O2. The van der Waals surface area contributed by atoms with Gasteiger partial charge in [0.2, 0.25) is 0 Å². The Hall–Kier alpha value is -2.56. The minimum Gasteiger partial charge on any atom is -0.384 e. The van der Waals surface area contributed by atoms with Crippen LogP contribution in [0.3, 0.4) is 0 Å². The number of nitrogens with zero attached hydrogens (tertiary/aromatic N) is 1. The van der Waals surface area contributed by atoms with Gasteiger partial charge >= 0.3 is 5.97 Å². The summed E-state index contributed by atoms with van der Waals surface area (Å²) < 4.78 is 0. The van der Waals surface area contributed by atoms with Gasteiger partial charge in [0.05, 0.1) is 5.56 Å². The predicted octanol–water partition coefficient (Wildman–Crippen LogP) is 4.82. The summed E-state index contributed by atoms with van der Waals surface area (Å²) >= 11 is 12.0. The number of hydrogen-bond acceptors (Lipinski definition) is 3. The summed E-state index contributed by atoms with van der Waals surface area (Å²) in [6.45, 7) is 0. The summed E-state index contributed by atoms with van der Waals surface area (Å²) in [4.78, 5) is 17.3. The van der Waals surface area contributed by atoms with Crippen molar-refractivity contribution in [3.63, 3.8) is 0 Å². The van der Waals surface area contributed by atoms with E-state index in [1.165, 1.54) is 0 Å². The van der Waals surface area contributed by atoms with E-state index in [2.05, 4.69) is 5.16 Å². The number of fused-ring (bicyclic) bond motifs is 1. The highest BCUT2D eigenvalue weighted by Crippen LogP contribution is 2.22. The Kier molecular flexibility index (Phi) is 5.22. The third-order valence-corrected chi connectivity index (χ3v) is 4.23. The summed E-state index contributed by atoms with van der Waals surface area (Å²) in [5.41, 5.74) is 7.01. The van der Waals surface area contributed by atoms with Crippen molar-refractivity contribution in [2.24, 2.45) is 10.9 Å². The molecule has 3 aromatic carbocycles. The highest BCUT2D eigenvalue weighted by molar-refractivity contribution is 6.35. The van der Waals surface area contributed by atoms with Crippen molar-refractivity contribution in [1.82, 2.24) is 0 Å². The van der Waals surface area contributed by atoms with Gasteiger partial charge in [-0.05, 0) is 34.5 Å². The van der Waals surface area contributed by atoms with Crippen molar-refractivity contribution in [3.8, 4) is 0 Å². The Morgan fingerprint density at radius 1 is 1.04 bits per heavy atom. The summed E-state index contributed by atoms with van der Waals surface area (Å²) in [5.74, 6) is -0.431. The van der Waals surface area contributed by atoms with E-state index in [1.54, 1.807) is 30.3 Å². The lowest BCUT2D eigenvalue weighted by Crippen LogP contribution is -2.17. The molecule has 0 fully saturated rings. The third kappa shape index (κ3) is 4.10. The number of hydrogen-bond donors (Lipinski definition) is 1. The van der Waals surface area contributed by atoms with E-state index in [0.29, 0.717) is 15.6 Å². The number of rotatable bonds is 4. The van der Waals surface area contributed by atoms with Crippen LogP contribution in [0, 0.1) is 0 Å². The molecule has 0 unspecified atom stereocenters. The van der Waals surface area contributed by atoms with Crippen molar-refractivity contribution >= 4 is 45.8 Å². The molecular weight excluding hydrogens is 359 g/mol. The second kappa shape index (κ2) is 7.55. The SMILES string of the molecule is N/C(Cc1ccc(Cl)cc1Cl)=N\OC(=O)c1cccc2ccccc12. The summed E-state index contributed by atoms with van der Waals surface area (Å²) in [6, 6.07) is 18.0. The molecule has 0 saturated heterocycles. The number of nitrogens with two attached hydrogens (primary N) is 1. The average Bonchev–Trinajstić information content (AvgIpc) is 2.61. The van der Waals surface area contributed by atoms with Crippen LogP contribution in [0.1, 0.15) is 15.9 Å². The third-order valence-electron chi connectivity index (χ3n) is 3.64. The first-order valence-electron chi connectivity index (χ1n) is 7.50. The highest BCUT2D eigenvalue weighted by atomic mass is 35.5. The van der Waals surface area contributed by atoms with E-state index in [9.17, 15) is 4.79 Å². The summed E-state index contributed by atoms with van der Waals surface area (Å²) in [5, 5.41) is 6.47. The number of benzene rings is 3. The van der Waals surface area contributed by atoms with E-state index in [0.717, 1.165) is 16.3 Å². The zero-order valence-electron chi connectivity index (χ0n) is 13.1. The molecule has 0 heterocycles. The lowest BCUT2D eigenvalue weighted by molar-refractivity contribution is 0.0517. The van der Waals surface area contributed by atoms with Crippen LogP contribution in [0.4, 0.5) is 0 Å². The minimum atomic E-state index is -0.568. The van der Waals surface area contributed by atoms with Gasteiger partial charge in [0.1, 0.15) is 5.84 Å². The maximum atomic E-state index is 12.3. The smallest absolute Gasteiger partial charge is 0.366 e. The molecule has 0 atom stereocenters. The molecule has 0 radical (unpaired) electrons. The van der Waals surface area contributed by atoms with Crippen molar-refractivity contribution in [2.75, 3.05) is 0 Å². The molecule has 0 amide bonds. The first-order chi connectivity index (χ1) is 12.0. The van der Waals surface area contributed by atoms with Crippen LogP contribution in [0.5, 0.6) is 0 Å². The number of oxime groups is 1. The molecule has 2 N–H and O–H groups in total. The zero-order valence-corrected chi connectivity index (χ0v) is 14.6. The zero-order chi connectivity index (χ0) is 17.8. The molecule has 0 aliphatic heterocycles. The van der Waals surface area contributed by atoms with E-state index >= 15 is 0 Å². The Labute approximate surface area is 154 Å². The van der Waals surface area contributed by atoms with Gasteiger partial charge in [-0.15, -0.1) is 0 Å². The van der Waals surface area contributed by atoms with Crippen LogP contribution in [-0.2, 0) is 11.3 Å². The standard InChI is InChI=1S/C19H14Cl2N2O2/c20-14-9-8-13(17(21)11-14)10-18(22)23-25-19(24)16-7-3-5-12-4-1-2-6-15(12)16/h1-9,11H,10H2,(H2,22,23). The number of amidine groups is 1. The van der Waals surface area contributed by atoms with Crippen molar-refractivity contribution in [2.45, 2.75) is 6.42 Å². The van der Waals surface area contributed by atoms with Crippen molar-refractivity contribution < 1.29 is 9.63 Å². The van der Waals surface area contributed by atoms with E-state index in [4.69, 9.17) is 33.8 Å². The Balaban J connectivity index is 1.75. The lowest BCUT2D eigenvalue weighted by Gasteiger charge is -2.06. The van der Waals surface area contributed by atoms with Crippen LogP contribution in [-0.4, -0.2) is 11.8 Å². The van der Waals surface area contributed by atoms with Gasteiger partial charge < -0.3 is 10.6 Å². The molecule has 126 valence electrons. The normalized spacial score (nSPS) is 11.5. The first kappa shape index (κ1) is 17.3. The van der Waals surface area contributed by atoms with Gasteiger partial charge in [-0.1, -0.05) is 70.8 Å². The van der Waals surface area contributed by atoms with Gasteiger partial charge in [-0.2, -0.15) is 0 Å². The quantitative estimate of drug-likeness (QED) is 0.309. The molecule has 0 aliphatic rings. The van der Waals surface area contributed by atoms with Crippen LogP contribution >= 0.6 is 23.2 Å². The minimum absolute atomic E-state index is 0.137. The van der Waals surface area contributed by atoms with Gasteiger partial charge in [0.15, 0.2) is 0 Å². The molecule has 3 rings (SSSR count). The maximum Gasteiger partial charge on any atom is 0.366 e. The fraction of sp³-hybridized carbons (Fsp3) is 0.0526. The number of halogens is 2. The van der Waals surface area contributed by atoms with Gasteiger partial charge in [0, 0.05) is 16.5 Å². The second-order valence-electron chi connectivity index (χ2n) is 5.40. The Bertz CT molecular complexity index is 965. The van der Waals surface area contributed by atoms with Crippen LogP contribution in [0.25, 0.3) is 10.8 Å². The van der Waals surface area contributed by atoms with Gasteiger partial charge in [0.25, 0.3) is 0 Å². The van der Waals surface area contributed by atoms with E-state index in [-0.39, 0.29) is 12.3 Å². The average molecular weight is 373 g/mol. The molecule has 0 aromatic heterocycles. The van der Waals surface area contributed by atoms with Crippen molar-refractivity contribution in [1.29, 1.82) is 0 Å². The topological polar surface area (TPSA) is 64.7 Å². The Morgan fingerprint density at radius 3 is 2.60 bits per heavy atom. The molecule has 4 nitrogen and oxygen atoms in total. The lowest BCUT2D eigenvalue weighted by atomic mass is 10.1. The molecule has 0 saturated carbocycles. The van der Waals surface area contributed by atoms with Crippen molar-refractivity contribution in [3.05, 3.63) is 81.8 Å². The maximum absolute atomic E-state index is 12.3. The molecule has 25 heavy (non-hydrogen) atoms. The van der Waals surface area contributed by atoms with E-state index < -0.39 is 5.97 Å². The van der Waals surface area contributed by atoms with Crippen LogP contribution in [0.2, 0.25) is 10.0 Å². The van der Waals surface area contributed by atoms with Crippen LogP contribution in [0.15, 0.2) is 65.8 Å². The predicted molar refractivity (Wildman–Crippen MR) is 101 cm³/mol. The fourth-order valence-electron chi connectivity index (χ4n) is 2.45.